The zero-order valence-corrected chi connectivity index (χ0v) is 17.1. The van der Waals surface area contributed by atoms with E-state index in [-0.39, 0.29) is 18.5 Å². The number of piperazine rings is 1. The van der Waals surface area contributed by atoms with Gasteiger partial charge in [-0.1, -0.05) is 0 Å². The quantitative estimate of drug-likeness (QED) is 0.718. The number of amides is 3. The topological polar surface area (TPSA) is 91.3 Å². The Morgan fingerprint density at radius 2 is 1.68 bits per heavy atom. The van der Waals surface area contributed by atoms with Gasteiger partial charge in [0.1, 0.15) is 19.8 Å². The fourth-order valence-corrected chi connectivity index (χ4v) is 4.04. The van der Waals surface area contributed by atoms with Gasteiger partial charge in [-0.05, 0) is 18.2 Å². The number of benzene rings is 1. The van der Waals surface area contributed by atoms with Crippen molar-refractivity contribution in [3.8, 4) is 11.5 Å². The van der Waals surface area contributed by atoms with E-state index in [2.05, 4.69) is 14.9 Å². The molecule has 3 aliphatic rings. The number of carbonyl (C=O) groups is 2. The molecule has 10 nitrogen and oxygen atoms in total. The summed E-state index contributed by atoms with van der Waals surface area (Å²) in [6.07, 6.45) is 3.43. The van der Waals surface area contributed by atoms with Crippen LogP contribution in [0.3, 0.4) is 0 Å². The molecule has 0 spiro atoms. The molecule has 2 saturated heterocycles. The van der Waals surface area contributed by atoms with E-state index in [1.165, 1.54) is 0 Å². The third kappa shape index (κ3) is 3.92. The molecule has 2 aromatic rings. The fraction of sp³-hybridized carbons (Fsp3) is 0.429. The molecule has 3 amide bonds. The third-order valence-electron chi connectivity index (χ3n) is 5.73. The van der Waals surface area contributed by atoms with Gasteiger partial charge in [-0.15, -0.1) is 0 Å². The monoisotopic (exact) mass is 424 g/mol. The summed E-state index contributed by atoms with van der Waals surface area (Å²) in [7, 11) is 0. The minimum atomic E-state index is -0.165. The Balaban J connectivity index is 1.17. The fourth-order valence-electron chi connectivity index (χ4n) is 4.04. The van der Waals surface area contributed by atoms with Crippen LogP contribution in [-0.2, 0) is 4.79 Å². The molecule has 4 heterocycles. The highest BCUT2D eigenvalue weighted by molar-refractivity contribution is 5.96. The number of hydrogen-bond acceptors (Lipinski definition) is 7. The number of carbonyl (C=O) groups excluding carboxylic acids is 2. The summed E-state index contributed by atoms with van der Waals surface area (Å²) in [6.45, 7) is 4.67. The van der Waals surface area contributed by atoms with E-state index in [4.69, 9.17) is 9.47 Å². The zero-order chi connectivity index (χ0) is 21.2. The molecule has 0 N–H and O–H groups in total. The van der Waals surface area contributed by atoms with Crippen LogP contribution in [0, 0.1) is 0 Å². The van der Waals surface area contributed by atoms with E-state index in [0.29, 0.717) is 69.9 Å². The Morgan fingerprint density at radius 1 is 0.935 bits per heavy atom. The Labute approximate surface area is 180 Å². The molecular formula is C21H24N6O4. The summed E-state index contributed by atoms with van der Waals surface area (Å²) in [5, 5.41) is 0. The standard InChI is InChI=1S/C21H24N6O4/c28-19(24-6-8-25(9-7-24)20-22-4-1-5-23-20)15-26-10-11-27(21(26)29)16-2-3-17-18(14-16)31-13-12-30-17/h1-5,14H,6-13,15H2. The van der Waals surface area contributed by atoms with Crippen molar-refractivity contribution in [3.05, 3.63) is 36.7 Å². The predicted octanol–water partition coefficient (Wildman–Crippen LogP) is 0.839. The maximum atomic E-state index is 12.9. The first-order valence-corrected chi connectivity index (χ1v) is 10.4. The van der Waals surface area contributed by atoms with E-state index in [0.717, 1.165) is 5.69 Å². The summed E-state index contributed by atoms with van der Waals surface area (Å²) in [5.41, 5.74) is 0.751. The van der Waals surface area contributed by atoms with Crippen molar-refractivity contribution in [1.29, 1.82) is 0 Å². The van der Waals surface area contributed by atoms with Crippen molar-refractivity contribution in [2.45, 2.75) is 0 Å². The number of urea groups is 1. The van der Waals surface area contributed by atoms with Gasteiger partial charge in [-0.25, -0.2) is 14.8 Å². The molecule has 0 atom stereocenters. The molecule has 1 aromatic heterocycles. The largest absolute Gasteiger partial charge is 0.486 e. The minimum Gasteiger partial charge on any atom is -0.486 e. The van der Waals surface area contributed by atoms with Crippen LogP contribution in [0.4, 0.5) is 16.4 Å². The summed E-state index contributed by atoms with van der Waals surface area (Å²) in [4.78, 5) is 41.4. The molecule has 0 aliphatic carbocycles. The lowest BCUT2D eigenvalue weighted by atomic mass is 10.2. The van der Waals surface area contributed by atoms with Crippen molar-refractivity contribution in [3.63, 3.8) is 0 Å². The van der Waals surface area contributed by atoms with Gasteiger partial charge in [0.05, 0.1) is 0 Å². The number of anilines is 2. The minimum absolute atomic E-state index is 0.0361. The lowest BCUT2D eigenvalue weighted by Crippen LogP contribution is -2.52. The molecule has 0 bridgehead atoms. The first-order valence-electron chi connectivity index (χ1n) is 10.4. The lowest BCUT2D eigenvalue weighted by Gasteiger charge is -2.35. The van der Waals surface area contributed by atoms with Gasteiger partial charge in [0.15, 0.2) is 11.5 Å². The molecule has 162 valence electrons. The van der Waals surface area contributed by atoms with E-state index >= 15 is 0 Å². The SMILES string of the molecule is O=C(CN1CCN(c2ccc3c(c2)OCCO3)C1=O)N1CCN(c2ncccn2)CC1. The maximum absolute atomic E-state index is 12.9. The Morgan fingerprint density at radius 3 is 2.45 bits per heavy atom. The van der Waals surface area contributed by atoms with Crippen molar-refractivity contribution in [2.24, 2.45) is 0 Å². The van der Waals surface area contributed by atoms with Crippen LogP contribution >= 0.6 is 0 Å². The highest BCUT2D eigenvalue weighted by Gasteiger charge is 2.33. The van der Waals surface area contributed by atoms with Crippen LogP contribution in [-0.4, -0.2) is 90.7 Å². The van der Waals surface area contributed by atoms with Gasteiger partial charge in [-0.2, -0.15) is 0 Å². The second-order valence-electron chi connectivity index (χ2n) is 7.60. The maximum Gasteiger partial charge on any atom is 0.325 e. The number of ether oxygens (including phenoxy) is 2. The van der Waals surface area contributed by atoms with Gasteiger partial charge in [0.25, 0.3) is 0 Å². The van der Waals surface area contributed by atoms with Gasteiger partial charge in [-0.3, -0.25) is 9.69 Å². The van der Waals surface area contributed by atoms with Crippen molar-refractivity contribution in [1.82, 2.24) is 19.8 Å². The van der Waals surface area contributed by atoms with Crippen LogP contribution in [0.1, 0.15) is 0 Å². The molecule has 31 heavy (non-hydrogen) atoms. The Bertz CT molecular complexity index is 964. The number of nitrogens with zero attached hydrogens (tertiary/aromatic N) is 6. The van der Waals surface area contributed by atoms with Crippen molar-refractivity contribution >= 4 is 23.6 Å². The molecule has 0 unspecified atom stereocenters. The first-order chi connectivity index (χ1) is 15.2. The summed E-state index contributed by atoms with van der Waals surface area (Å²) >= 11 is 0. The molecule has 3 aliphatic heterocycles. The molecule has 1 aromatic carbocycles. The van der Waals surface area contributed by atoms with E-state index < -0.39 is 0 Å². The number of rotatable bonds is 4. The highest BCUT2D eigenvalue weighted by atomic mass is 16.6. The number of fused-ring (bicyclic) bond motifs is 1. The van der Waals surface area contributed by atoms with E-state index in [9.17, 15) is 9.59 Å². The highest BCUT2D eigenvalue weighted by Crippen LogP contribution is 2.35. The van der Waals surface area contributed by atoms with Crippen molar-refractivity contribution in [2.75, 3.05) is 68.8 Å². The number of aromatic nitrogens is 2. The van der Waals surface area contributed by atoms with Crippen molar-refractivity contribution < 1.29 is 19.1 Å². The molecule has 0 radical (unpaired) electrons. The number of hydrogen-bond donors (Lipinski definition) is 0. The second-order valence-corrected chi connectivity index (χ2v) is 7.60. The summed E-state index contributed by atoms with van der Waals surface area (Å²) in [5.74, 6) is 1.98. The molecule has 2 fully saturated rings. The van der Waals surface area contributed by atoms with Crippen LogP contribution in [0.2, 0.25) is 0 Å². The first kappa shape index (κ1) is 19.4. The normalized spacial score (nSPS) is 18.5. The average Bonchev–Trinajstić information content (AvgIpc) is 3.19. The van der Waals surface area contributed by atoms with Crippen LogP contribution < -0.4 is 19.3 Å². The van der Waals surface area contributed by atoms with E-state index in [1.54, 1.807) is 33.2 Å². The molecule has 5 rings (SSSR count). The average molecular weight is 424 g/mol. The Hall–Kier alpha value is -3.56. The van der Waals surface area contributed by atoms with Gasteiger partial charge < -0.3 is 24.2 Å². The van der Waals surface area contributed by atoms with Crippen LogP contribution in [0.25, 0.3) is 0 Å². The van der Waals surface area contributed by atoms with Gasteiger partial charge in [0.2, 0.25) is 11.9 Å². The smallest absolute Gasteiger partial charge is 0.325 e. The molecular weight excluding hydrogens is 400 g/mol. The summed E-state index contributed by atoms with van der Waals surface area (Å²) in [6, 6.07) is 7.11. The van der Waals surface area contributed by atoms with Gasteiger partial charge in [0, 0.05) is 63.4 Å². The predicted molar refractivity (Wildman–Crippen MR) is 113 cm³/mol. The van der Waals surface area contributed by atoms with Gasteiger partial charge >= 0.3 is 6.03 Å². The molecule has 10 heteroatoms. The molecule has 0 saturated carbocycles. The van der Waals surface area contributed by atoms with Crippen LogP contribution in [0.5, 0.6) is 11.5 Å². The second kappa shape index (κ2) is 8.29. The summed E-state index contributed by atoms with van der Waals surface area (Å²) < 4.78 is 11.2. The Kier molecular flexibility index (Phi) is 5.19. The van der Waals surface area contributed by atoms with Crippen LogP contribution in [0.15, 0.2) is 36.7 Å². The zero-order valence-electron chi connectivity index (χ0n) is 17.1. The lowest BCUT2D eigenvalue weighted by molar-refractivity contribution is -0.131. The third-order valence-corrected chi connectivity index (χ3v) is 5.73. The van der Waals surface area contributed by atoms with E-state index in [1.807, 2.05) is 18.2 Å².